The Hall–Kier alpha value is -1.75. The number of rotatable bonds is 9. The number of aliphatic imine (C=N–C) groups is 1. The van der Waals surface area contributed by atoms with Crippen LogP contribution in [0.1, 0.15) is 37.8 Å². The van der Waals surface area contributed by atoms with E-state index in [0.29, 0.717) is 13.1 Å². The third-order valence-electron chi connectivity index (χ3n) is 4.08. The second kappa shape index (κ2) is 9.52. The van der Waals surface area contributed by atoms with E-state index >= 15 is 0 Å². The van der Waals surface area contributed by atoms with Crippen LogP contribution in [0.3, 0.4) is 0 Å². The Morgan fingerprint density at radius 3 is 2.83 bits per heavy atom. The smallest absolute Gasteiger partial charge is 0.191 e. The van der Waals surface area contributed by atoms with Crippen LogP contribution in [0.15, 0.2) is 23.2 Å². The molecular weight excluding hydrogens is 302 g/mol. The van der Waals surface area contributed by atoms with Crippen LogP contribution in [0.2, 0.25) is 0 Å². The maximum absolute atomic E-state index is 9.14. The molecule has 0 saturated heterocycles. The molecule has 0 bridgehead atoms. The van der Waals surface area contributed by atoms with Crippen molar-refractivity contribution in [3.63, 3.8) is 0 Å². The summed E-state index contributed by atoms with van der Waals surface area (Å²) in [6.07, 6.45) is 2.58. The van der Waals surface area contributed by atoms with Crippen molar-refractivity contribution in [1.82, 2.24) is 10.6 Å². The quantitative estimate of drug-likeness (QED) is 0.480. The zero-order chi connectivity index (χ0) is 17.4. The Morgan fingerprint density at radius 2 is 2.17 bits per heavy atom. The van der Waals surface area contributed by atoms with Crippen LogP contribution in [0.5, 0.6) is 5.75 Å². The van der Waals surface area contributed by atoms with Gasteiger partial charge in [0.1, 0.15) is 5.75 Å². The molecule has 24 heavy (non-hydrogen) atoms. The van der Waals surface area contributed by atoms with Gasteiger partial charge in [-0.05, 0) is 50.2 Å². The average molecular weight is 333 g/mol. The normalized spacial score (nSPS) is 15.9. The third kappa shape index (κ3) is 6.40. The van der Waals surface area contributed by atoms with Crippen molar-refractivity contribution in [2.24, 2.45) is 16.8 Å². The second-order valence-corrected chi connectivity index (χ2v) is 6.73. The van der Waals surface area contributed by atoms with Crippen LogP contribution in [0, 0.1) is 18.8 Å². The fourth-order valence-electron chi connectivity index (χ4n) is 2.26. The number of hydrogen-bond donors (Lipinski definition) is 3. The number of aliphatic hydroxyl groups is 1. The molecule has 1 aliphatic rings. The number of guanidine groups is 1. The second-order valence-electron chi connectivity index (χ2n) is 6.73. The summed E-state index contributed by atoms with van der Waals surface area (Å²) in [6.45, 7) is 9.18. The molecule has 1 aromatic rings. The molecule has 0 aromatic heterocycles. The average Bonchev–Trinajstić information content (AvgIpc) is 3.40. The molecular formula is C19H31N3O2. The predicted molar refractivity (Wildman–Crippen MR) is 98.5 cm³/mol. The van der Waals surface area contributed by atoms with E-state index < -0.39 is 0 Å². The lowest BCUT2D eigenvalue weighted by Gasteiger charge is -2.15. The van der Waals surface area contributed by atoms with Crippen molar-refractivity contribution >= 4 is 5.96 Å². The van der Waals surface area contributed by atoms with Crippen molar-refractivity contribution < 1.29 is 9.84 Å². The van der Waals surface area contributed by atoms with Crippen LogP contribution in [0.4, 0.5) is 0 Å². The number of aryl methyl sites for hydroxylation is 1. The first-order valence-electron chi connectivity index (χ1n) is 8.97. The van der Waals surface area contributed by atoms with E-state index in [1.165, 1.54) is 18.4 Å². The molecule has 0 radical (unpaired) electrons. The Bertz CT molecular complexity index is 541. The van der Waals surface area contributed by atoms with Crippen LogP contribution >= 0.6 is 0 Å². The third-order valence-corrected chi connectivity index (χ3v) is 4.08. The summed E-state index contributed by atoms with van der Waals surface area (Å²) < 4.78 is 6.01. The fourth-order valence-corrected chi connectivity index (χ4v) is 2.26. The van der Waals surface area contributed by atoms with E-state index in [1.54, 1.807) is 0 Å². The highest BCUT2D eigenvalue weighted by Gasteiger charge is 2.22. The van der Waals surface area contributed by atoms with Gasteiger partial charge in [0.2, 0.25) is 0 Å². The molecule has 0 amide bonds. The summed E-state index contributed by atoms with van der Waals surface area (Å²) in [5.41, 5.74) is 2.31. The predicted octanol–water partition coefficient (Wildman–Crippen LogP) is 2.47. The number of hydrogen-bond acceptors (Lipinski definition) is 3. The maximum Gasteiger partial charge on any atom is 0.191 e. The van der Waals surface area contributed by atoms with Crippen molar-refractivity contribution in [1.29, 1.82) is 0 Å². The zero-order valence-corrected chi connectivity index (χ0v) is 15.1. The van der Waals surface area contributed by atoms with Crippen LogP contribution < -0.4 is 15.4 Å². The van der Waals surface area contributed by atoms with Crippen molar-refractivity contribution in [2.75, 3.05) is 26.3 Å². The molecule has 134 valence electrons. The van der Waals surface area contributed by atoms with Gasteiger partial charge in [-0.1, -0.05) is 19.1 Å². The molecule has 0 aliphatic heterocycles. The summed E-state index contributed by atoms with van der Waals surface area (Å²) in [5, 5.41) is 15.7. The van der Waals surface area contributed by atoms with Gasteiger partial charge in [0.15, 0.2) is 5.96 Å². The summed E-state index contributed by atoms with van der Waals surface area (Å²) in [5.74, 6) is 2.66. The lowest BCUT2D eigenvalue weighted by atomic mass is 10.1. The van der Waals surface area contributed by atoms with Crippen molar-refractivity contribution in [3.8, 4) is 5.75 Å². The zero-order valence-electron chi connectivity index (χ0n) is 15.1. The van der Waals surface area contributed by atoms with E-state index in [0.717, 1.165) is 36.3 Å². The summed E-state index contributed by atoms with van der Waals surface area (Å²) in [4.78, 5) is 4.66. The first-order chi connectivity index (χ1) is 11.6. The van der Waals surface area contributed by atoms with E-state index in [1.807, 2.05) is 13.8 Å². The van der Waals surface area contributed by atoms with E-state index in [9.17, 15) is 0 Å². The van der Waals surface area contributed by atoms with Crippen molar-refractivity contribution in [3.05, 3.63) is 29.3 Å². The van der Waals surface area contributed by atoms with E-state index in [-0.39, 0.29) is 12.5 Å². The summed E-state index contributed by atoms with van der Waals surface area (Å²) >= 11 is 0. The van der Waals surface area contributed by atoms with Gasteiger partial charge in [0.05, 0.1) is 13.2 Å². The van der Waals surface area contributed by atoms with Gasteiger partial charge >= 0.3 is 0 Å². The number of nitrogens with zero attached hydrogens (tertiary/aromatic N) is 1. The van der Waals surface area contributed by atoms with Gasteiger partial charge in [-0.2, -0.15) is 0 Å². The minimum atomic E-state index is 0.170. The summed E-state index contributed by atoms with van der Waals surface area (Å²) in [7, 11) is 0. The molecule has 5 nitrogen and oxygen atoms in total. The van der Waals surface area contributed by atoms with Gasteiger partial charge < -0.3 is 20.5 Å². The van der Waals surface area contributed by atoms with Gasteiger partial charge in [-0.25, -0.2) is 4.99 Å². The SMILES string of the molecule is CCNC(=NCc1ccc(C)cc1OCC1CC1)NCC(C)CO. The first kappa shape index (κ1) is 18.6. The Kier molecular flexibility index (Phi) is 7.37. The molecule has 0 heterocycles. The molecule has 1 unspecified atom stereocenters. The van der Waals surface area contributed by atoms with Gasteiger partial charge in [-0.3, -0.25) is 0 Å². The maximum atomic E-state index is 9.14. The molecule has 1 saturated carbocycles. The highest BCUT2D eigenvalue weighted by molar-refractivity contribution is 5.79. The van der Waals surface area contributed by atoms with Gasteiger partial charge in [-0.15, -0.1) is 0 Å². The molecule has 1 aliphatic carbocycles. The highest BCUT2D eigenvalue weighted by atomic mass is 16.5. The largest absolute Gasteiger partial charge is 0.493 e. The molecule has 3 N–H and O–H groups in total. The molecule has 1 atom stereocenters. The molecule has 1 aromatic carbocycles. The van der Waals surface area contributed by atoms with E-state index in [2.05, 4.69) is 40.7 Å². The van der Waals surface area contributed by atoms with E-state index in [4.69, 9.17) is 9.84 Å². The fraction of sp³-hybridized carbons (Fsp3) is 0.632. The summed E-state index contributed by atoms with van der Waals surface area (Å²) in [6, 6.07) is 6.30. The minimum Gasteiger partial charge on any atom is -0.493 e. The van der Waals surface area contributed by atoms with Crippen LogP contribution in [0.25, 0.3) is 0 Å². The number of aliphatic hydroxyl groups excluding tert-OH is 1. The Labute approximate surface area is 145 Å². The molecule has 0 spiro atoms. The van der Waals surface area contributed by atoms with Crippen LogP contribution in [-0.4, -0.2) is 37.4 Å². The van der Waals surface area contributed by atoms with Gasteiger partial charge in [0.25, 0.3) is 0 Å². The lowest BCUT2D eigenvalue weighted by molar-refractivity contribution is 0.238. The van der Waals surface area contributed by atoms with Crippen molar-refractivity contribution in [2.45, 2.75) is 40.2 Å². The Balaban J connectivity index is 1.99. The topological polar surface area (TPSA) is 65.9 Å². The van der Waals surface area contributed by atoms with Crippen LogP contribution in [-0.2, 0) is 6.54 Å². The number of ether oxygens (including phenoxy) is 1. The first-order valence-corrected chi connectivity index (χ1v) is 8.97. The minimum absolute atomic E-state index is 0.170. The standard InChI is InChI=1S/C19H31N3O2/c1-4-20-19(21-10-15(3)12-23)22-11-17-8-5-14(2)9-18(17)24-13-16-6-7-16/h5,8-9,15-16,23H,4,6-7,10-13H2,1-3H3,(H2,20,21,22). The lowest BCUT2D eigenvalue weighted by Crippen LogP contribution is -2.39. The van der Waals surface area contributed by atoms with Gasteiger partial charge in [0, 0.05) is 25.3 Å². The highest BCUT2D eigenvalue weighted by Crippen LogP contribution is 2.30. The molecule has 1 fully saturated rings. The molecule has 5 heteroatoms. The molecule has 2 rings (SSSR count). The number of benzene rings is 1. The monoisotopic (exact) mass is 333 g/mol. The number of nitrogens with one attached hydrogen (secondary N) is 2. The Morgan fingerprint density at radius 1 is 1.38 bits per heavy atom.